The van der Waals surface area contributed by atoms with Gasteiger partial charge < -0.3 is 0 Å². The summed E-state index contributed by atoms with van der Waals surface area (Å²) in [5.74, 6) is -3.92. The summed E-state index contributed by atoms with van der Waals surface area (Å²) in [4.78, 5) is 0. The van der Waals surface area contributed by atoms with E-state index in [-0.39, 0.29) is 0 Å². The van der Waals surface area contributed by atoms with E-state index >= 15 is 0 Å². The minimum absolute atomic E-state index is 0.385. The molecule has 0 saturated carbocycles. The molecular formula is C9H19F3Si. The van der Waals surface area contributed by atoms with Crippen molar-refractivity contribution in [3.05, 3.63) is 0 Å². The lowest BCUT2D eigenvalue weighted by atomic mass is 10.2. The standard InChI is InChI=1S/C9H19F3Si/c1-4-5-6-7-8-13(2,3)9(10,11)12/h4-8H2,1-3H3. The van der Waals surface area contributed by atoms with Crippen LogP contribution in [0.4, 0.5) is 13.2 Å². The second-order valence-electron chi connectivity index (χ2n) is 4.19. The van der Waals surface area contributed by atoms with Crippen LogP contribution in [0.2, 0.25) is 19.1 Å². The molecule has 80 valence electrons. The zero-order valence-corrected chi connectivity index (χ0v) is 9.67. The summed E-state index contributed by atoms with van der Waals surface area (Å²) in [7, 11) is -2.95. The zero-order chi connectivity index (χ0) is 10.5. The Morgan fingerprint density at radius 1 is 1.00 bits per heavy atom. The predicted octanol–water partition coefficient (Wildman–Crippen LogP) is 4.38. The van der Waals surface area contributed by atoms with Gasteiger partial charge in [-0.3, -0.25) is 0 Å². The van der Waals surface area contributed by atoms with Crippen molar-refractivity contribution in [2.24, 2.45) is 0 Å². The van der Waals surface area contributed by atoms with Crippen LogP contribution in [0.1, 0.15) is 32.6 Å². The van der Waals surface area contributed by atoms with Crippen molar-refractivity contribution < 1.29 is 13.2 Å². The number of alkyl halides is 3. The van der Waals surface area contributed by atoms with Crippen molar-refractivity contribution in [2.75, 3.05) is 0 Å². The fourth-order valence-electron chi connectivity index (χ4n) is 1.14. The van der Waals surface area contributed by atoms with E-state index in [4.69, 9.17) is 0 Å². The second-order valence-corrected chi connectivity index (χ2v) is 9.03. The third kappa shape index (κ3) is 4.69. The van der Waals surface area contributed by atoms with Crippen LogP contribution in [0, 0.1) is 0 Å². The smallest absolute Gasteiger partial charge is 0.177 e. The SMILES string of the molecule is CCCCCC[Si](C)(C)C(F)(F)F. The lowest BCUT2D eigenvalue weighted by molar-refractivity contribution is -0.0563. The Bertz CT molecular complexity index is 140. The zero-order valence-electron chi connectivity index (χ0n) is 8.67. The molecule has 13 heavy (non-hydrogen) atoms. The monoisotopic (exact) mass is 212 g/mol. The van der Waals surface area contributed by atoms with Crippen LogP contribution in [0.15, 0.2) is 0 Å². The summed E-state index contributed by atoms with van der Waals surface area (Å²) in [5, 5.41) is 0. The van der Waals surface area contributed by atoms with Crippen molar-refractivity contribution in [1.29, 1.82) is 0 Å². The summed E-state index contributed by atoms with van der Waals surface area (Å²) in [6.45, 7) is 4.89. The van der Waals surface area contributed by atoms with Crippen LogP contribution in [-0.2, 0) is 0 Å². The second kappa shape index (κ2) is 5.03. The Labute approximate surface area is 79.5 Å². The highest BCUT2D eigenvalue weighted by molar-refractivity contribution is 6.79. The minimum Gasteiger partial charge on any atom is -0.177 e. The molecule has 0 rings (SSSR count). The van der Waals surface area contributed by atoms with Crippen LogP contribution in [-0.4, -0.2) is 13.9 Å². The quantitative estimate of drug-likeness (QED) is 0.468. The Morgan fingerprint density at radius 2 is 1.54 bits per heavy atom. The maximum atomic E-state index is 12.4. The molecule has 0 unspecified atom stereocenters. The van der Waals surface area contributed by atoms with Gasteiger partial charge in [-0.25, -0.2) is 0 Å². The van der Waals surface area contributed by atoms with E-state index in [1.165, 1.54) is 13.1 Å². The van der Waals surface area contributed by atoms with Gasteiger partial charge >= 0.3 is 5.80 Å². The Hall–Kier alpha value is 0.00688. The lowest BCUT2D eigenvalue weighted by Gasteiger charge is -2.25. The molecule has 0 nitrogen and oxygen atoms in total. The van der Waals surface area contributed by atoms with Crippen LogP contribution in [0.5, 0.6) is 0 Å². The van der Waals surface area contributed by atoms with E-state index in [2.05, 4.69) is 6.92 Å². The number of rotatable bonds is 5. The van der Waals surface area contributed by atoms with Gasteiger partial charge in [-0.2, -0.15) is 13.2 Å². The average molecular weight is 212 g/mol. The maximum absolute atomic E-state index is 12.4. The summed E-state index contributed by atoms with van der Waals surface area (Å²) in [6, 6.07) is 0.385. The highest BCUT2D eigenvalue weighted by Gasteiger charge is 2.48. The number of halogens is 3. The molecule has 0 aromatic rings. The summed E-state index contributed by atoms with van der Waals surface area (Å²) >= 11 is 0. The van der Waals surface area contributed by atoms with Crippen molar-refractivity contribution in [2.45, 2.75) is 57.5 Å². The van der Waals surface area contributed by atoms with E-state index < -0.39 is 13.9 Å². The van der Waals surface area contributed by atoms with Gasteiger partial charge in [-0.05, 0) is 6.04 Å². The van der Waals surface area contributed by atoms with Crippen molar-refractivity contribution in [3.63, 3.8) is 0 Å². The normalized spacial score (nSPS) is 13.4. The van der Waals surface area contributed by atoms with Gasteiger partial charge in [0.2, 0.25) is 0 Å². The Morgan fingerprint density at radius 3 is 1.92 bits per heavy atom. The molecule has 0 N–H and O–H groups in total. The van der Waals surface area contributed by atoms with Gasteiger partial charge in [0.25, 0.3) is 0 Å². The fraction of sp³-hybridized carbons (Fsp3) is 1.00. The van der Waals surface area contributed by atoms with Crippen molar-refractivity contribution in [3.8, 4) is 0 Å². The Kier molecular flexibility index (Phi) is 5.03. The molecular weight excluding hydrogens is 193 g/mol. The molecule has 0 saturated heterocycles. The van der Waals surface area contributed by atoms with Gasteiger partial charge in [-0.1, -0.05) is 45.7 Å². The van der Waals surface area contributed by atoms with E-state index in [1.807, 2.05) is 0 Å². The first-order valence-electron chi connectivity index (χ1n) is 4.88. The molecule has 0 aromatic carbocycles. The molecule has 0 aliphatic heterocycles. The summed E-state index contributed by atoms with van der Waals surface area (Å²) in [6.07, 6.45) is 3.83. The molecule has 0 radical (unpaired) electrons. The van der Waals surface area contributed by atoms with Gasteiger partial charge in [0.15, 0.2) is 8.07 Å². The summed E-state index contributed by atoms with van der Waals surface area (Å²) in [5.41, 5.74) is 0. The largest absolute Gasteiger partial charge is 0.361 e. The van der Waals surface area contributed by atoms with E-state index in [1.54, 1.807) is 0 Å². The van der Waals surface area contributed by atoms with Crippen LogP contribution < -0.4 is 0 Å². The molecule has 0 atom stereocenters. The van der Waals surface area contributed by atoms with E-state index in [0.717, 1.165) is 25.7 Å². The minimum atomic E-state index is -3.92. The first kappa shape index (κ1) is 13.0. The maximum Gasteiger partial charge on any atom is 0.361 e. The average Bonchev–Trinajstić information content (AvgIpc) is 1.96. The Balaban J connectivity index is 3.77. The predicted molar refractivity (Wildman–Crippen MR) is 52.5 cm³/mol. The molecule has 0 bridgehead atoms. The molecule has 0 aromatic heterocycles. The third-order valence-corrected chi connectivity index (χ3v) is 5.56. The van der Waals surface area contributed by atoms with Gasteiger partial charge in [0.05, 0.1) is 0 Å². The van der Waals surface area contributed by atoms with E-state index in [0.29, 0.717) is 6.04 Å². The number of unbranched alkanes of at least 4 members (excludes halogenated alkanes) is 3. The van der Waals surface area contributed by atoms with Crippen molar-refractivity contribution >= 4 is 8.07 Å². The topological polar surface area (TPSA) is 0 Å². The van der Waals surface area contributed by atoms with Gasteiger partial charge in [0, 0.05) is 0 Å². The van der Waals surface area contributed by atoms with Crippen LogP contribution in [0.25, 0.3) is 0 Å². The third-order valence-electron chi connectivity index (χ3n) is 2.42. The molecule has 0 aliphatic rings. The molecule has 0 amide bonds. The van der Waals surface area contributed by atoms with Gasteiger partial charge in [0.1, 0.15) is 0 Å². The number of hydrogen-bond donors (Lipinski definition) is 0. The highest BCUT2D eigenvalue weighted by atomic mass is 28.3. The molecule has 0 fully saturated rings. The van der Waals surface area contributed by atoms with E-state index in [9.17, 15) is 13.2 Å². The summed E-state index contributed by atoms with van der Waals surface area (Å²) < 4.78 is 37.2. The van der Waals surface area contributed by atoms with Gasteiger partial charge in [-0.15, -0.1) is 0 Å². The first-order valence-corrected chi connectivity index (χ1v) is 8.08. The number of hydrogen-bond acceptors (Lipinski definition) is 0. The van der Waals surface area contributed by atoms with Crippen LogP contribution >= 0.6 is 0 Å². The van der Waals surface area contributed by atoms with Crippen LogP contribution in [0.3, 0.4) is 0 Å². The fourth-order valence-corrected chi connectivity index (χ4v) is 2.55. The lowest BCUT2D eigenvalue weighted by Crippen LogP contribution is -2.44. The highest BCUT2D eigenvalue weighted by Crippen LogP contribution is 2.33. The first-order chi connectivity index (χ1) is 5.81. The molecule has 0 aliphatic carbocycles. The molecule has 0 spiro atoms. The van der Waals surface area contributed by atoms with Crippen molar-refractivity contribution in [1.82, 2.24) is 0 Å². The molecule has 0 heterocycles. The molecule has 4 heteroatoms.